The number of aryl methyl sites for hydroxylation is 1. The molecule has 3 unspecified atom stereocenters. The Kier molecular flexibility index (Phi) is 6.56. The van der Waals surface area contributed by atoms with E-state index in [2.05, 4.69) is 44.2 Å². The summed E-state index contributed by atoms with van der Waals surface area (Å²) < 4.78 is 17.6. The average Bonchev–Trinajstić information content (AvgIpc) is 3.45. The summed E-state index contributed by atoms with van der Waals surface area (Å²) in [5, 5.41) is 9.61. The van der Waals surface area contributed by atoms with Gasteiger partial charge in [-0.25, -0.2) is 0 Å². The summed E-state index contributed by atoms with van der Waals surface area (Å²) >= 11 is 0. The van der Waals surface area contributed by atoms with Crippen molar-refractivity contribution in [2.45, 2.75) is 76.7 Å². The fourth-order valence-corrected chi connectivity index (χ4v) is 6.66. The van der Waals surface area contributed by atoms with Crippen LogP contribution in [0.1, 0.15) is 80.5 Å². The third-order valence-electron chi connectivity index (χ3n) is 8.72. The smallest absolute Gasteiger partial charge is 0.307 e. The molecule has 2 aromatic carbocycles. The highest BCUT2D eigenvalue weighted by atomic mass is 16.5. The zero-order chi connectivity index (χ0) is 24.6. The number of carbonyl (C=O) groups is 1. The molecule has 0 bridgehead atoms. The Bertz CT molecular complexity index is 1090. The monoisotopic (exact) mass is 478 g/mol. The zero-order valence-electron chi connectivity index (χ0n) is 21.3. The van der Waals surface area contributed by atoms with Gasteiger partial charge in [0.25, 0.3) is 0 Å². The summed E-state index contributed by atoms with van der Waals surface area (Å²) in [7, 11) is 1.69. The van der Waals surface area contributed by atoms with Crippen molar-refractivity contribution < 1.29 is 24.1 Å². The van der Waals surface area contributed by atoms with Gasteiger partial charge in [0.15, 0.2) is 0 Å². The van der Waals surface area contributed by atoms with Gasteiger partial charge < -0.3 is 19.3 Å². The number of aliphatic carboxylic acids is 1. The lowest BCUT2D eigenvalue weighted by molar-refractivity contribution is -0.139. The van der Waals surface area contributed by atoms with Crippen molar-refractivity contribution in [1.82, 2.24) is 0 Å². The first-order valence-corrected chi connectivity index (χ1v) is 13.1. The summed E-state index contributed by atoms with van der Waals surface area (Å²) in [5.74, 6) is 1.32. The molecule has 2 fully saturated rings. The standard InChI is InChI=1S/C30H38O5/c1-29(2)12-5-7-24(29)23-16-20(8-11-27(23)34-15-14-33-3)19-35-22-10-9-21-6-4-13-30(25(21)17-22)18-26(30)28(31)32/h8-11,16-17,24,26H,4-7,12-15,18-19H2,1-3H3,(H,31,32). The summed E-state index contributed by atoms with van der Waals surface area (Å²) in [5.41, 5.74) is 4.96. The van der Waals surface area contributed by atoms with E-state index in [1.165, 1.54) is 36.0 Å². The van der Waals surface area contributed by atoms with Gasteiger partial charge in [0.1, 0.15) is 24.7 Å². The van der Waals surface area contributed by atoms with Crippen LogP contribution in [0.25, 0.3) is 0 Å². The molecule has 0 amide bonds. The molecule has 5 rings (SSSR count). The Hall–Kier alpha value is -2.53. The maximum absolute atomic E-state index is 11.7. The predicted molar refractivity (Wildman–Crippen MR) is 135 cm³/mol. The van der Waals surface area contributed by atoms with E-state index in [-0.39, 0.29) is 16.7 Å². The van der Waals surface area contributed by atoms with Gasteiger partial charge in [0.2, 0.25) is 0 Å². The lowest BCUT2D eigenvalue weighted by atomic mass is 9.77. The summed E-state index contributed by atoms with van der Waals surface area (Å²) in [6, 6.07) is 12.7. The minimum Gasteiger partial charge on any atom is -0.491 e. The van der Waals surface area contributed by atoms with Crippen molar-refractivity contribution >= 4 is 5.97 Å². The molecule has 5 nitrogen and oxygen atoms in total. The average molecular weight is 479 g/mol. The largest absolute Gasteiger partial charge is 0.491 e. The maximum Gasteiger partial charge on any atom is 0.307 e. The first-order valence-electron chi connectivity index (χ1n) is 13.1. The Morgan fingerprint density at radius 3 is 2.63 bits per heavy atom. The van der Waals surface area contributed by atoms with Gasteiger partial charge in [-0.1, -0.05) is 32.4 Å². The fraction of sp³-hybridized carbons (Fsp3) is 0.567. The van der Waals surface area contributed by atoms with Gasteiger partial charge in [-0.15, -0.1) is 0 Å². The highest BCUT2D eigenvalue weighted by Crippen LogP contribution is 2.60. The van der Waals surface area contributed by atoms with Crippen molar-refractivity contribution in [3.8, 4) is 11.5 Å². The minimum atomic E-state index is -0.667. The molecule has 2 saturated carbocycles. The molecule has 1 spiro atoms. The van der Waals surface area contributed by atoms with Crippen LogP contribution in [0.2, 0.25) is 0 Å². The van der Waals surface area contributed by atoms with Crippen LogP contribution < -0.4 is 9.47 Å². The van der Waals surface area contributed by atoms with Gasteiger partial charge in [-0.3, -0.25) is 4.79 Å². The maximum atomic E-state index is 11.7. The number of fused-ring (bicyclic) bond motifs is 2. The van der Waals surface area contributed by atoms with Crippen LogP contribution in [-0.2, 0) is 28.0 Å². The SMILES string of the molecule is COCCOc1ccc(COc2ccc3c(c2)C2(CCC3)CC2C(=O)O)cc1C1CCCC1(C)C. The Labute approximate surface area is 208 Å². The van der Waals surface area contributed by atoms with Gasteiger partial charge >= 0.3 is 5.97 Å². The van der Waals surface area contributed by atoms with Crippen LogP contribution in [-0.4, -0.2) is 31.4 Å². The van der Waals surface area contributed by atoms with Crippen molar-refractivity contribution in [2.75, 3.05) is 20.3 Å². The third-order valence-corrected chi connectivity index (χ3v) is 8.72. The van der Waals surface area contributed by atoms with Crippen LogP contribution in [0.4, 0.5) is 0 Å². The zero-order valence-corrected chi connectivity index (χ0v) is 21.3. The topological polar surface area (TPSA) is 65.0 Å². The van der Waals surface area contributed by atoms with E-state index in [1.807, 2.05) is 6.07 Å². The number of carboxylic acids is 1. The molecule has 3 aliphatic rings. The fourth-order valence-electron chi connectivity index (χ4n) is 6.66. The van der Waals surface area contributed by atoms with Crippen LogP contribution in [0.15, 0.2) is 36.4 Å². The highest BCUT2D eigenvalue weighted by molar-refractivity contribution is 5.78. The molecular weight excluding hydrogens is 440 g/mol. The van der Waals surface area contributed by atoms with Crippen molar-refractivity contribution in [2.24, 2.45) is 11.3 Å². The third kappa shape index (κ3) is 4.67. The quantitative estimate of drug-likeness (QED) is 0.431. The molecule has 1 N–H and O–H groups in total. The van der Waals surface area contributed by atoms with Crippen molar-refractivity contribution in [1.29, 1.82) is 0 Å². The van der Waals surface area contributed by atoms with E-state index < -0.39 is 5.97 Å². The van der Waals surface area contributed by atoms with Crippen molar-refractivity contribution in [3.63, 3.8) is 0 Å². The molecule has 5 heteroatoms. The van der Waals surface area contributed by atoms with Gasteiger partial charge in [0, 0.05) is 12.5 Å². The number of carboxylic acid groups (broad SMARTS) is 1. The summed E-state index contributed by atoms with van der Waals surface area (Å²) in [4.78, 5) is 11.7. The number of benzene rings is 2. The molecule has 3 atom stereocenters. The van der Waals surface area contributed by atoms with E-state index in [1.54, 1.807) is 7.11 Å². The normalized spacial score (nSPS) is 26.4. The second kappa shape index (κ2) is 9.50. The van der Waals surface area contributed by atoms with Crippen LogP contribution in [0.3, 0.4) is 0 Å². The van der Waals surface area contributed by atoms with Gasteiger partial charge in [-0.05, 0) is 96.4 Å². The van der Waals surface area contributed by atoms with Crippen molar-refractivity contribution in [3.05, 3.63) is 58.7 Å². The molecule has 0 aliphatic heterocycles. The molecule has 0 heterocycles. The number of hydrogen-bond donors (Lipinski definition) is 1. The van der Waals surface area contributed by atoms with E-state index in [4.69, 9.17) is 14.2 Å². The molecular formula is C30H38O5. The Balaban J connectivity index is 1.35. The molecule has 2 aromatic rings. The van der Waals surface area contributed by atoms with Crippen LogP contribution >= 0.6 is 0 Å². The first kappa shape index (κ1) is 24.2. The molecule has 3 aliphatic carbocycles. The van der Waals surface area contributed by atoms with Gasteiger partial charge in [0.05, 0.1) is 12.5 Å². The predicted octanol–water partition coefficient (Wildman–Crippen LogP) is 6.26. The summed E-state index contributed by atoms with van der Waals surface area (Å²) in [6.45, 7) is 6.31. The van der Waals surface area contributed by atoms with Gasteiger partial charge in [-0.2, -0.15) is 0 Å². The van der Waals surface area contributed by atoms with Crippen LogP contribution in [0.5, 0.6) is 11.5 Å². The Morgan fingerprint density at radius 2 is 1.91 bits per heavy atom. The number of rotatable bonds is 9. The van der Waals surface area contributed by atoms with E-state index >= 15 is 0 Å². The van der Waals surface area contributed by atoms with E-state index in [0.29, 0.717) is 25.7 Å². The highest BCUT2D eigenvalue weighted by Gasteiger charge is 2.60. The lowest BCUT2D eigenvalue weighted by Crippen LogP contribution is -2.21. The lowest BCUT2D eigenvalue weighted by Gasteiger charge is -2.29. The number of ether oxygens (including phenoxy) is 3. The number of hydrogen-bond acceptors (Lipinski definition) is 4. The summed E-state index contributed by atoms with van der Waals surface area (Å²) in [6.07, 6.45) is 7.45. The second-order valence-corrected chi connectivity index (χ2v) is 11.4. The van der Waals surface area contributed by atoms with E-state index in [0.717, 1.165) is 42.7 Å². The molecule has 188 valence electrons. The molecule has 0 aromatic heterocycles. The minimum absolute atomic E-state index is 0.179. The molecule has 0 saturated heterocycles. The van der Waals surface area contributed by atoms with E-state index in [9.17, 15) is 9.90 Å². The first-order chi connectivity index (χ1) is 16.8. The second-order valence-electron chi connectivity index (χ2n) is 11.4. The van der Waals surface area contributed by atoms with Crippen LogP contribution in [0, 0.1) is 11.3 Å². The number of methoxy groups -OCH3 is 1. The molecule has 0 radical (unpaired) electrons. The Morgan fingerprint density at radius 1 is 1.06 bits per heavy atom. The molecule has 35 heavy (non-hydrogen) atoms.